The van der Waals surface area contributed by atoms with Gasteiger partial charge >= 0.3 is 0 Å². The zero-order valence-corrected chi connectivity index (χ0v) is 18.1. The first kappa shape index (κ1) is 19.1. The van der Waals surface area contributed by atoms with Crippen molar-refractivity contribution in [2.45, 2.75) is 13.5 Å². The molecule has 0 saturated carbocycles. The Bertz CT molecular complexity index is 1160. The predicted octanol–water partition coefficient (Wildman–Crippen LogP) is 6.26. The van der Waals surface area contributed by atoms with Crippen LogP contribution in [-0.2, 0) is 6.54 Å². The molecule has 0 atom stereocenters. The van der Waals surface area contributed by atoms with Gasteiger partial charge in [0.2, 0.25) is 0 Å². The number of hydrogen-bond acceptors (Lipinski definition) is 4. The van der Waals surface area contributed by atoms with Gasteiger partial charge in [-0.2, -0.15) is 0 Å². The largest absolute Gasteiger partial charge is 0.279 e. The molecule has 0 saturated heterocycles. The predicted molar refractivity (Wildman–Crippen MR) is 118 cm³/mol. The molecule has 140 valence electrons. The molecule has 0 radical (unpaired) electrons. The molecule has 2 heterocycles. The van der Waals surface area contributed by atoms with Gasteiger partial charge in [-0.15, -0.1) is 0 Å². The Kier molecular flexibility index (Phi) is 5.44. The summed E-state index contributed by atoms with van der Waals surface area (Å²) >= 11 is 11.2. The van der Waals surface area contributed by atoms with Crippen molar-refractivity contribution in [2.24, 2.45) is 0 Å². The lowest BCUT2D eigenvalue weighted by Gasteiger charge is -2.20. The first-order chi connectivity index (χ1) is 13.5. The van der Waals surface area contributed by atoms with Gasteiger partial charge in [-0.25, -0.2) is 4.98 Å². The highest BCUT2D eigenvalue weighted by Gasteiger charge is 2.23. The number of hydrogen-bond donors (Lipinski definition) is 0. The third kappa shape index (κ3) is 3.81. The second-order valence-electron chi connectivity index (χ2n) is 6.29. The van der Waals surface area contributed by atoms with Crippen LogP contribution < -0.4 is 4.90 Å². The van der Waals surface area contributed by atoms with Gasteiger partial charge in [-0.05, 0) is 70.4 Å². The SMILES string of the molecule is Cc1cc(Cl)cc2sc(N(Cc3ccncc3)C(=O)c3ccccc3Br)nc12. The van der Waals surface area contributed by atoms with Crippen molar-refractivity contribution in [3.63, 3.8) is 0 Å². The zero-order chi connectivity index (χ0) is 19.7. The fourth-order valence-corrected chi connectivity index (χ4v) is 4.81. The molecule has 28 heavy (non-hydrogen) atoms. The molecule has 0 fully saturated rings. The summed E-state index contributed by atoms with van der Waals surface area (Å²) in [5.41, 5.74) is 3.42. The maximum absolute atomic E-state index is 13.4. The molecule has 0 aliphatic rings. The molecule has 0 N–H and O–H groups in total. The summed E-state index contributed by atoms with van der Waals surface area (Å²) < 4.78 is 1.71. The van der Waals surface area contributed by atoms with Crippen LogP contribution in [0.3, 0.4) is 0 Å². The molecular formula is C21H15BrClN3OS. The fraction of sp³-hybridized carbons (Fsp3) is 0.0952. The van der Waals surface area contributed by atoms with Crippen LogP contribution in [-0.4, -0.2) is 15.9 Å². The van der Waals surface area contributed by atoms with E-state index in [0.717, 1.165) is 25.8 Å². The summed E-state index contributed by atoms with van der Waals surface area (Å²) in [4.78, 5) is 23.9. The lowest BCUT2D eigenvalue weighted by atomic mass is 10.2. The normalized spacial score (nSPS) is 11.0. The Labute approximate surface area is 179 Å². The molecular weight excluding hydrogens is 458 g/mol. The van der Waals surface area contributed by atoms with E-state index in [1.165, 1.54) is 11.3 Å². The van der Waals surface area contributed by atoms with Gasteiger partial charge < -0.3 is 0 Å². The van der Waals surface area contributed by atoms with Crippen molar-refractivity contribution in [1.29, 1.82) is 0 Å². The second-order valence-corrected chi connectivity index (χ2v) is 8.59. The molecule has 0 aliphatic carbocycles. The Morgan fingerprint density at radius 3 is 2.68 bits per heavy atom. The highest BCUT2D eigenvalue weighted by atomic mass is 79.9. The number of rotatable bonds is 4. The third-order valence-electron chi connectivity index (χ3n) is 4.31. The topological polar surface area (TPSA) is 46.1 Å². The summed E-state index contributed by atoms with van der Waals surface area (Å²) in [7, 11) is 0. The first-order valence-corrected chi connectivity index (χ1v) is 10.5. The van der Waals surface area contributed by atoms with E-state index in [-0.39, 0.29) is 5.91 Å². The average Bonchev–Trinajstić information content (AvgIpc) is 3.11. The van der Waals surface area contributed by atoms with Gasteiger partial charge in [0.05, 0.1) is 22.3 Å². The van der Waals surface area contributed by atoms with Gasteiger partial charge in [0, 0.05) is 21.9 Å². The fourth-order valence-electron chi connectivity index (χ4n) is 2.94. The van der Waals surface area contributed by atoms with Gasteiger partial charge in [0.15, 0.2) is 5.13 Å². The van der Waals surface area contributed by atoms with E-state index in [1.54, 1.807) is 23.4 Å². The molecule has 0 aliphatic heterocycles. The quantitative estimate of drug-likeness (QED) is 0.352. The van der Waals surface area contributed by atoms with E-state index in [1.807, 2.05) is 49.4 Å². The van der Waals surface area contributed by atoms with Crippen molar-refractivity contribution in [2.75, 3.05) is 4.90 Å². The van der Waals surface area contributed by atoms with Crippen molar-refractivity contribution >= 4 is 60.1 Å². The zero-order valence-electron chi connectivity index (χ0n) is 14.9. The van der Waals surface area contributed by atoms with Gasteiger partial charge in [0.25, 0.3) is 5.91 Å². The van der Waals surface area contributed by atoms with E-state index in [4.69, 9.17) is 16.6 Å². The number of aryl methyl sites for hydroxylation is 1. The molecule has 2 aromatic heterocycles. The number of anilines is 1. The van der Waals surface area contributed by atoms with Crippen LogP contribution in [0.15, 0.2) is 65.4 Å². The van der Waals surface area contributed by atoms with E-state index < -0.39 is 0 Å². The Morgan fingerprint density at radius 1 is 1.18 bits per heavy atom. The minimum atomic E-state index is -0.118. The molecule has 2 aromatic carbocycles. The maximum atomic E-state index is 13.4. The van der Waals surface area contributed by atoms with Crippen molar-refractivity contribution in [3.8, 4) is 0 Å². The van der Waals surface area contributed by atoms with E-state index in [0.29, 0.717) is 22.3 Å². The molecule has 4 nitrogen and oxygen atoms in total. The number of halogens is 2. The number of carbonyl (C=O) groups is 1. The van der Waals surface area contributed by atoms with Gasteiger partial charge in [0.1, 0.15) is 0 Å². The van der Waals surface area contributed by atoms with Crippen LogP contribution in [0.1, 0.15) is 21.5 Å². The van der Waals surface area contributed by atoms with Crippen LogP contribution in [0.4, 0.5) is 5.13 Å². The number of nitrogens with zero attached hydrogens (tertiary/aromatic N) is 3. The molecule has 7 heteroatoms. The maximum Gasteiger partial charge on any atom is 0.261 e. The monoisotopic (exact) mass is 471 g/mol. The number of benzene rings is 2. The summed E-state index contributed by atoms with van der Waals surface area (Å²) in [6, 6.07) is 15.0. The lowest BCUT2D eigenvalue weighted by molar-refractivity contribution is 0.0984. The second kappa shape index (κ2) is 7.99. The molecule has 4 aromatic rings. The van der Waals surface area contributed by atoms with Crippen LogP contribution in [0.5, 0.6) is 0 Å². The highest BCUT2D eigenvalue weighted by Crippen LogP contribution is 2.34. The van der Waals surface area contributed by atoms with Gasteiger partial charge in [-0.1, -0.05) is 35.1 Å². The van der Waals surface area contributed by atoms with Crippen molar-refractivity contribution < 1.29 is 4.79 Å². The number of amides is 1. The number of pyridine rings is 1. The number of carbonyl (C=O) groups excluding carboxylic acids is 1. The van der Waals surface area contributed by atoms with Crippen LogP contribution in [0.2, 0.25) is 5.02 Å². The summed E-state index contributed by atoms with van der Waals surface area (Å²) in [6.07, 6.45) is 3.44. The van der Waals surface area contributed by atoms with Crippen LogP contribution in [0.25, 0.3) is 10.2 Å². The molecule has 0 unspecified atom stereocenters. The highest BCUT2D eigenvalue weighted by molar-refractivity contribution is 9.10. The lowest BCUT2D eigenvalue weighted by Crippen LogP contribution is -2.30. The Hall–Kier alpha value is -2.28. The number of fused-ring (bicyclic) bond motifs is 1. The molecule has 1 amide bonds. The van der Waals surface area contributed by atoms with Gasteiger partial charge in [-0.3, -0.25) is 14.7 Å². The number of thiazole rings is 1. The van der Waals surface area contributed by atoms with Crippen LogP contribution >= 0.6 is 38.9 Å². The Morgan fingerprint density at radius 2 is 1.93 bits per heavy atom. The van der Waals surface area contributed by atoms with E-state index in [2.05, 4.69) is 20.9 Å². The minimum Gasteiger partial charge on any atom is -0.279 e. The molecule has 4 rings (SSSR count). The van der Waals surface area contributed by atoms with E-state index >= 15 is 0 Å². The number of aromatic nitrogens is 2. The smallest absolute Gasteiger partial charge is 0.261 e. The van der Waals surface area contributed by atoms with Crippen LogP contribution in [0, 0.1) is 6.92 Å². The van der Waals surface area contributed by atoms with Crippen molar-refractivity contribution in [1.82, 2.24) is 9.97 Å². The average molecular weight is 473 g/mol. The summed E-state index contributed by atoms with van der Waals surface area (Å²) in [5.74, 6) is -0.118. The standard InChI is InChI=1S/C21H15BrClN3OS/c1-13-10-15(23)11-18-19(13)25-21(28-18)26(12-14-6-8-24-9-7-14)20(27)16-4-2-3-5-17(16)22/h2-11H,12H2,1H3. The molecule has 0 bridgehead atoms. The molecule has 0 spiro atoms. The first-order valence-electron chi connectivity index (χ1n) is 8.55. The Balaban J connectivity index is 1.82. The summed E-state index contributed by atoms with van der Waals surface area (Å²) in [6.45, 7) is 2.37. The van der Waals surface area contributed by atoms with E-state index in [9.17, 15) is 4.79 Å². The summed E-state index contributed by atoms with van der Waals surface area (Å²) in [5, 5.41) is 1.30. The third-order valence-corrected chi connectivity index (χ3v) is 6.24. The minimum absolute atomic E-state index is 0.118. The van der Waals surface area contributed by atoms with Crippen molar-refractivity contribution in [3.05, 3.63) is 87.1 Å².